The summed E-state index contributed by atoms with van der Waals surface area (Å²) in [7, 11) is 0. The number of nitrogens with zero attached hydrogens (tertiary/aromatic N) is 4. The number of imidazole rings is 1. The van der Waals surface area contributed by atoms with Crippen molar-refractivity contribution >= 4 is 11.5 Å². The molecule has 0 fully saturated rings. The van der Waals surface area contributed by atoms with Crippen LogP contribution in [0.4, 0.5) is 4.39 Å². The van der Waals surface area contributed by atoms with Crippen LogP contribution in [0.5, 0.6) is 0 Å². The highest BCUT2D eigenvalue weighted by molar-refractivity contribution is 5.95. The molecule has 0 bridgehead atoms. The van der Waals surface area contributed by atoms with E-state index in [2.05, 4.69) is 15.0 Å². The quantitative estimate of drug-likeness (QED) is 0.582. The zero-order valence-corrected chi connectivity index (χ0v) is 10.6. The minimum absolute atomic E-state index is 0.266. The van der Waals surface area contributed by atoms with Gasteiger partial charge in [0.1, 0.15) is 17.3 Å². The van der Waals surface area contributed by atoms with Crippen molar-refractivity contribution in [2.24, 2.45) is 10.7 Å². The molecule has 20 heavy (non-hydrogen) atoms. The molecule has 0 atom stereocenters. The lowest BCUT2D eigenvalue weighted by Gasteiger charge is -2.02. The SMILES string of the molecule is NC(=NCc1ccc(F)cc1)c1cn2ccnc2cn1. The van der Waals surface area contributed by atoms with Gasteiger partial charge in [-0.15, -0.1) is 0 Å². The second-order valence-electron chi connectivity index (χ2n) is 4.29. The summed E-state index contributed by atoms with van der Waals surface area (Å²) in [4.78, 5) is 12.6. The number of benzene rings is 1. The van der Waals surface area contributed by atoms with Crippen molar-refractivity contribution in [3.05, 3.63) is 66.1 Å². The molecule has 3 rings (SSSR count). The molecule has 0 aliphatic heterocycles. The van der Waals surface area contributed by atoms with E-state index < -0.39 is 0 Å². The first kappa shape index (κ1) is 12.3. The number of fused-ring (bicyclic) bond motifs is 1. The van der Waals surface area contributed by atoms with Crippen molar-refractivity contribution in [3.8, 4) is 0 Å². The van der Waals surface area contributed by atoms with Crippen LogP contribution in [-0.2, 0) is 6.54 Å². The highest BCUT2D eigenvalue weighted by atomic mass is 19.1. The van der Waals surface area contributed by atoms with Crippen molar-refractivity contribution in [1.29, 1.82) is 0 Å². The Labute approximate surface area is 114 Å². The first-order chi connectivity index (χ1) is 9.72. The minimum Gasteiger partial charge on any atom is -0.382 e. The number of rotatable bonds is 3. The molecule has 2 aromatic heterocycles. The molecule has 2 heterocycles. The molecule has 0 saturated carbocycles. The van der Waals surface area contributed by atoms with Gasteiger partial charge in [-0.25, -0.2) is 14.4 Å². The van der Waals surface area contributed by atoms with E-state index in [0.717, 1.165) is 11.2 Å². The highest BCUT2D eigenvalue weighted by Gasteiger charge is 2.02. The Bertz CT molecular complexity index is 761. The average Bonchev–Trinajstić information content (AvgIpc) is 2.93. The monoisotopic (exact) mass is 269 g/mol. The molecule has 100 valence electrons. The Hall–Kier alpha value is -2.76. The van der Waals surface area contributed by atoms with E-state index in [0.29, 0.717) is 18.1 Å². The van der Waals surface area contributed by atoms with Crippen molar-refractivity contribution in [2.45, 2.75) is 6.54 Å². The van der Waals surface area contributed by atoms with E-state index in [1.54, 1.807) is 30.7 Å². The number of hydrogen-bond acceptors (Lipinski definition) is 3. The molecule has 0 unspecified atom stereocenters. The van der Waals surface area contributed by atoms with Crippen LogP contribution in [0.3, 0.4) is 0 Å². The molecule has 1 aromatic carbocycles. The van der Waals surface area contributed by atoms with E-state index in [1.165, 1.54) is 12.1 Å². The molecule has 0 radical (unpaired) electrons. The summed E-state index contributed by atoms with van der Waals surface area (Å²) in [5.74, 6) is 0.0721. The zero-order valence-electron chi connectivity index (χ0n) is 10.6. The standard InChI is InChI=1S/C14H12FN5/c15-11-3-1-10(2-4-11)7-19-14(16)12-9-20-6-5-17-13(20)8-18-12/h1-6,8-9H,7H2,(H2,16,19). The summed E-state index contributed by atoms with van der Waals surface area (Å²) < 4.78 is 14.6. The van der Waals surface area contributed by atoms with Crippen LogP contribution in [0, 0.1) is 5.82 Å². The molecule has 0 aliphatic carbocycles. The van der Waals surface area contributed by atoms with Crippen molar-refractivity contribution in [1.82, 2.24) is 14.4 Å². The van der Waals surface area contributed by atoms with Crippen molar-refractivity contribution < 1.29 is 4.39 Å². The van der Waals surface area contributed by atoms with Gasteiger partial charge < -0.3 is 10.1 Å². The van der Waals surface area contributed by atoms with Gasteiger partial charge in [-0.2, -0.15) is 0 Å². The van der Waals surface area contributed by atoms with Crippen molar-refractivity contribution in [3.63, 3.8) is 0 Å². The third-order valence-electron chi connectivity index (χ3n) is 2.89. The molecule has 0 amide bonds. The summed E-state index contributed by atoms with van der Waals surface area (Å²) in [5, 5.41) is 0. The van der Waals surface area contributed by atoms with Gasteiger partial charge in [-0.05, 0) is 17.7 Å². The number of hydrogen-bond donors (Lipinski definition) is 1. The van der Waals surface area contributed by atoms with E-state index in [1.807, 2.05) is 10.6 Å². The maximum atomic E-state index is 12.8. The Kier molecular flexibility index (Phi) is 3.12. The molecule has 3 aromatic rings. The van der Waals surface area contributed by atoms with Gasteiger partial charge in [0.15, 0.2) is 5.65 Å². The van der Waals surface area contributed by atoms with Gasteiger partial charge >= 0.3 is 0 Å². The Morgan fingerprint density at radius 2 is 2.05 bits per heavy atom. The first-order valence-electron chi connectivity index (χ1n) is 6.06. The Morgan fingerprint density at radius 1 is 1.25 bits per heavy atom. The molecule has 0 saturated heterocycles. The zero-order chi connectivity index (χ0) is 13.9. The molecular formula is C14H12FN5. The first-order valence-corrected chi connectivity index (χ1v) is 6.06. The highest BCUT2D eigenvalue weighted by Crippen LogP contribution is 2.05. The van der Waals surface area contributed by atoms with Crippen LogP contribution >= 0.6 is 0 Å². The van der Waals surface area contributed by atoms with Gasteiger partial charge in [-0.1, -0.05) is 12.1 Å². The molecule has 0 spiro atoms. The van der Waals surface area contributed by atoms with Crippen molar-refractivity contribution in [2.75, 3.05) is 0 Å². The lowest BCUT2D eigenvalue weighted by atomic mass is 10.2. The van der Waals surface area contributed by atoms with Gasteiger partial charge in [0.05, 0.1) is 12.7 Å². The normalized spacial score (nSPS) is 11.9. The Morgan fingerprint density at radius 3 is 2.85 bits per heavy atom. The third kappa shape index (κ3) is 2.49. The molecular weight excluding hydrogens is 257 g/mol. The number of halogens is 1. The number of aromatic nitrogens is 3. The van der Waals surface area contributed by atoms with Crippen LogP contribution in [-0.4, -0.2) is 20.2 Å². The minimum atomic E-state index is -0.266. The van der Waals surface area contributed by atoms with Gasteiger partial charge in [0.25, 0.3) is 0 Å². The topological polar surface area (TPSA) is 68.6 Å². The molecule has 2 N–H and O–H groups in total. The van der Waals surface area contributed by atoms with E-state index >= 15 is 0 Å². The van der Waals surface area contributed by atoms with E-state index in [-0.39, 0.29) is 5.82 Å². The third-order valence-corrected chi connectivity index (χ3v) is 2.89. The number of nitrogens with two attached hydrogens (primary N) is 1. The van der Waals surface area contributed by atoms with Crippen LogP contribution in [0.25, 0.3) is 5.65 Å². The maximum absolute atomic E-state index is 12.8. The fraction of sp³-hybridized carbons (Fsp3) is 0.0714. The summed E-state index contributed by atoms with van der Waals surface area (Å²) in [5.41, 5.74) is 8.13. The van der Waals surface area contributed by atoms with E-state index in [9.17, 15) is 4.39 Å². The largest absolute Gasteiger partial charge is 0.382 e. The lowest BCUT2D eigenvalue weighted by Crippen LogP contribution is -2.16. The summed E-state index contributed by atoms with van der Waals surface area (Å²) in [6, 6.07) is 6.16. The molecule has 6 heteroatoms. The maximum Gasteiger partial charge on any atom is 0.155 e. The van der Waals surface area contributed by atoms with Gasteiger partial charge in [0, 0.05) is 18.6 Å². The predicted octanol–water partition coefficient (Wildman–Crippen LogP) is 1.77. The molecule has 0 aliphatic rings. The van der Waals surface area contributed by atoms with Gasteiger partial charge in [-0.3, -0.25) is 4.99 Å². The predicted molar refractivity (Wildman–Crippen MR) is 73.8 cm³/mol. The second kappa shape index (κ2) is 5.08. The second-order valence-corrected chi connectivity index (χ2v) is 4.29. The number of amidine groups is 1. The lowest BCUT2D eigenvalue weighted by molar-refractivity contribution is 0.627. The summed E-state index contributed by atoms with van der Waals surface area (Å²) in [6.45, 7) is 0.385. The van der Waals surface area contributed by atoms with Gasteiger partial charge in [0.2, 0.25) is 0 Å². The summed E-state index contributed by atoms with van der Waals surface area (Å²) >= 11 is 0. The fourth-order valence-corrected chi connectivity index (χ4v) is 1.81. The van der Waals surface area contributed by atoms with Crippen LogP contribution in [0.15, 0.2) is 54.0 Å². The average molecular weight is 269 g/mol. The van der Waals surface area contributed by atoms with E-state index in [4.69, 9.17) is 5.73 Å². The van der Waals surface area contributed by atoms with Crippen LogP contribution < -0.4 is 5.73 Å². The molecule has 5 nitrogen and oxygen atoms in total. The smallest absolute Gasteiger partial charge is 0.155 e. The number of aliphatic imine (C=N–C) groups is 1. The van der Waals surface area contributed by atoms with Crippen LogP contribution in [0.2, 0.25) is 0 Å². The fourth-order valence-electron chi connectivity index (χ4n) is 1.81. The van der Waals surface area contributed by atoms with Crippen LogP contribution in [0.1, 0.15) is 11.3 Å². The summed E-state index contributed by atoms with van der Waals surface area (Å²) in [6.07, 6.45) is 6.90. The Balaban J connectivity index is 1.81.